The summed E-state index contributed by atoms with van der Waals surface area (Å²) in [6.45, 7) is 0. The number of methoxy groups -OCH3 is 1. The van der Waals surface area contributed by atoms with E-state index >= 15 is 0 Å². The van der Waals surface area contributed by atoms with E-state index in [9.17, 15) is 9.59 Å². The zero-order chi connectivity index (χ0) is 17.1. The molecule has 0 unspecified atom stereocenters. The summed E-state index contributed by atoms with van der Waals surface area (Å²) in [7, 11) is 1.62. The fourth-order valence-electron chi connectivity index (χ4n) is 3.52. The van der Waals surface area contributed by atoms with Gasteiger partial charge in [0, 0.05) is 18.1 Å². The SMILES string of the molecule is COc1ccc2c(c1)Oc1ccc3c4c(ccc3c1C2)C(=O)OC4=O. The van der Waals surface area contributed by atoms with Crippen molar-refractivity contribution in [1.29, 1.82) is 0 Å². The lowest BCUT2D eigenvalue weighted by Gasteiger charge is -2.22. The van der Waals surface area contributed by atoms with Crippen LogP contribution < -0.4 is 9.47 Å². The van der Waals surface area contributed by atoms with Crippen LogP contribution in [-0.4, -0.2) is 19.0 Å². The number of hydrogen-bond donors (Lipinski definition) is 0. The molecule has 0 atom stereocenters. The molecule has 5 rings (SSSR count). The molecule has 5 heteroatoms. The third kappa shape index (κ3) is 1.89. The first-order chi connectivity index (χ1) is 12.2. The molecule has 0 fully saturated rings. The van der Waals surface area contributed by atoms with Gasteiger partial charge < -0.3 is 14.2 Å². The van der Waals surface area contributed by atoms with Gasteiger partial charge in [-0.15, -0.1) is 0 Å². The normalized spacial score (nSPS) is 14.4. The highest BCUT2D eigenvalue weighted by molar-refractivity contribution is 6.21. The second kappa shape index (κ2) is 4.83. The number of carbonyl (C=O) groups excluding carboxylic acids is 2. The van der Waals surface area contributed by atoms with Crippen molar-refractivity contribution in [1.82, 2.24) is 0 Å². The molecule has 0 spiro atoms. The number of fused-ring (bicyclic) bond motifs is 6. The average molecular weight is 332 g/mol. The minimum absolute atomic E-state index is 0.319. The molecule has 0 N–H and O–H groups in total. The molecule has 2 aliphatic rings. The molecule has 0 bridgehead atoms. The van der Waals surface area contributed by atoms with Crippen molar-refractivity contribution in [3.8, 4) is 17.2 Å². The maximum Gasteiger partial charge on any atom is 0.347 e. The Hall–Kier alpha value is -3.34. The second-order valence-corrected chi connectivity index (χ2v) is 6.05. The summed E-state index contributed by atoms with van der Waals surface area (Å²) in [6.07, 6.45) is 0.674. The predicted octanol–water partition coefficient (Wildman–Crippen LogP) is 3.86. The van der Waals surface area contributed by atoms with Crippen LogP contribution in [0.15, 0.2) is 42.5 Å². The van der Waals surface area contributed by atoms with Crippen molar-refractivity contribution < 1.29 is 23.8 Å². The highest BCUT2D eigenvalue weighted by atomic mass is 16.6. The van der Waals surface area contributed by atoms with Gasteiger partial charge in [0.25, 0.3) is 0 Å². The topological polar surface area (TPSA) is 61.8 Å². The van der Waals surface area contributed by atoms with E-state index in [0.717, 1.165) is 33.8 Å². The fraction of sp³-hybridized carbons (Fsp3) is 0.100. The summed E-state index contributed by atoms with van der Waals surface area (Å²) in [5.74, 6) is 1.07. The molecular weight excluding hydrogens is 320 g/mol. The number of esters is 2. The Morgan fingerprint density at radius 1 is 0.880 bits per heavy atom. The van der Waals surface area contributed by atoms with E-state index in [4.69, 9.17) is 14.2 Å². The fourth-order valence-corrected chi connectivity index (χ4v) is 3.52. The lowest BCUT2D eigenvalue weighted by Crippen LogP contribution is -2.05. The molecule has 0 amide bonds. The maximum atomic E-state index is 12.0. The van der Waals surface area contributed by atoms with Crippen LogP contribution in [0.5, 0.6) is 17.2 Å². The smallest absolute Gasteiger partial charge is 0.347 e. The Balaban J connectivity index is 1.71. The maximum absolute atomic E-state index is 12.0. The number of carbonyl (C=O) groups is 2. The van der Waals surface area contributed by atoms with Gasteiger partial charge in [-0.3, -0.25) is 0 Å². The Morgan fingerprint density at radius 2 is 1.72 bits per heavy atom. The van der Waals surface area contributed by atoms with Crippen LogP contribution in [0.4, 0.5) is 0 Å². The van der Waals surface area contributed by atoms with Gasteiger partial charge in [0.05, 0.1) is 18.2 Å². The molecule has 0 saturated heterocycles. The lowest BCUT2D eigenvalue weighted by molar-refractivity contribution is 0.0444. The van der Waals surface area contributed by atoms with Crippen LogP contribution >= 0.6 is 0 Å². The molecule has 0 aromatic heterocycles. The van der Waals surface area contributed by atoms with Crippen LogP contribution in [0.2, 0.25) is 0 Å². The van der Waals surface area contributed by atoms with Crippen LogP contribution in [0.1, 0.15) is 31.8 Å². The Bertz CT molecular complexity index is 1100. The molecule has 25 heavy (non-hydrogen) atoms. The minimum atomic E-state index is -0.590. The average Bonchev–Trinajstić information content (AvgIpc) is 2.93. The van der Waals surface area contributed by atoms with Crippen molar-refractivity contribution in [2.45, 2.75) is 6.42 Å². The first kappa shape index (κ1) is 14.0. The second-order valence-electron chi connectivity index (χ2n) is 6.05. The van der Waals surface area contributed by atoms with Crippen LogP contribution in [0, 0.1) is 0 Å². The van der Waals surface area contributed by atoms with Gasteiger partial charge in [-0.2, -0.15) is 0 Å². The Labute approximate surface area is 142 Å². The summed E-state index contributed by atoms with van der Waals surface area (Å²) in [4.78, 5) is 23.8. The van der Waals surface area contributed by atoms with Crippen molar-refractivity contribution in [3.05, 3.63) is 64.7 Å². The van der Waals surface area contributed by atoms with E-state index in [2.05, 4.69) is 0 Å². The monoisotopic (exact) mass is 332 g/mol. The number of rotatable bonds is 1. The van der Waals surface area contributed by atoms with Gasteiger partial charge in [0.15, 0.2) is 0 Å². The quantitative estimate of drug-likeness (QED) is 0.391. The number of cyclic esters (lactones) is 2. The summed E-state index contributed by atoms with van der Waals surface area (Å²) in [5.41, 5.74) is 2.69. The van der Waals surface area contributed by atoms with E-state index in [1.807, 2.05) is 30.3 Å². The molecule has 3 aromatic rings. The van der Waals surface area contributed by atoms with Gasteiger partial charge in [-0.1, -0.05) is 12.1 Å². The van der Waals surface area contributed by atoms with E-state index in [1.54, 1.807) is 19.2 Å². The summed E-state index contributed by atoms with van der Waals surface area (Å²) in [6, 6.07) is 12.9. The van der Waals surface area contributed by atoms with Gasteiger partial charge in [-0.25, -0.2) is 9.59 Å². The molecule has 3 aromatic carbocycles. The number of hydrogen-bond acceptors (Lipinski definition) is 5. The van der Waals surface area contributed by atoms with Crippen LogP contribution in [0.25, 0.3) is 10.8 Å². The molecule has 0 radical (unpaired) electrons. The van der Waals surface area contributed by atoms with Gasteiger partial charge in [0.2, 0.25) is 0 Å². The number of ether oxygens (including phenoxy) is 3. The van der Waals surface area contributed by atoms with Crippen molar-refractivity contribution in [3.63, 3.8) is 0 Å². The van der Waals surface area contributed by atoms with Gasteiger partial charge >= 0.3 is 11.9 Å². The highest BCUT2D eigenvalue weighted by Crippen LogP contribution is 2.43. The van der Waals surface area contributed by atoms with E-state index < -0.39 is 11.9 Å². The molecule has 5 nitrogen and oxygen atoms in total. The molecular formula is C20H12O5. The van der Waals surface area contributed by atoms with E-state index in [-0.39, 0.29) is 0 Å². The largest absolute Gasteiger partial charge is 0.497 e. The molecule has 2 aliphatic heterocycles. The number of benzene rings is 3. The van der Waals surface area contributed by atoms with Gasteiger partial charge in [0.1, 0.15) is 17.2 Å². The van der Waals surface area contributed by atoms with Crippen LogP contribution in [-0.2, 0) is 11.2 Å². The van der Waals surface area contributed by atoms with E-state index in [0.29, 0.717) is 22.9 Å². The molecule has 122 valence electrons. The lowest BCUT2D eigenvalue weighted by atomic mass is 9.91. The zero-order valence-corrected chi connectivity index (χ0v) is 13.3. The third-order valence-electron chi connectivity index (χ3n) is 4.74. The van der Waals surface area contributed by atoms with Gasteiger partial charge in [-0.05, 0) is 40.6 Å². The highest BCUT2D eigenvalue weighted by Gasteiger charge is 2.32. The zero-order valence-electron chi connectivity index (χ0n) is 13.3. The van der Waals surface area contributed by atoms with Crippen molar-refractivity contribution in [2.24, 2.45) is 0 Å². The first-order valence-corrected chi connectivity index (χ1v) is 7.85. The molecule has 0 saturated carbocycles. The Kier molecular flexibility index (Phi) is 2.71. The predicted molar refractivity (Wildman–Crippen MR) is 89.6 cm³/mol. The summed E-state index contributed by atoms with van der Waals surface area (Å²) in [5, 5.41) is 1.61. The Morgan fingerprint density at radius 3 is 2.56 bits per heavy atom. The molecule has 2 heterocycles. The minimum Gasteiger partial charge on any atom is -0.497 e. The summed E-state index contributed by atoms with van der Waals surface area (Å²) >= 11 is 0. The molecule has 0 aliphatic carbocycles. The first-order valence-electron chi connectivity index (χ1n) is 7.85. The van der Waals surface area contributed by atoms with Crippen molar-refractivity contribution >= 4 is 22.7 Å². The third-order valence-corrected chi connectivity index (χ3v) is 4.74. The summed E-state index contributed by atoms with van der Waals surface area (Å²) < 4.78 is 16.0. The van der Waals surface area contributed by atoms with E-state index in [1.165, 1.54) is 0 Å². The standard InChI is InChI=1S/C20H12O5/c1-23-11-3-2-10-8-15-12-4-5-14-18(20(22)25-19(14)21)13(12)6-7-16(15)24-17(10)9-11/h2-7,9H,8H2,1H3. The van der Waals surface area contributed by atoms with Crippen LogP contribution in [0.3, 0.4) is 0 Å². The van der Waals surface area contributed by atoms with Crippen molar-refractivity contribution in [2.75, 3.05) is 7.11 Å².